The molecule has 0 heterocycles. The van der Waals surface area contributed by atoms with E-state index in [1.807, 2.05) is 0 Å². The van der Waals surface area contributed by atoms with E-state index in [9.17, 15) is 14.7 Å². The highest BCUT2D eigenvalue weighted by molar-refractivity contribution is 5.87. The molecule has 0 saturated carbocycles. The summed E-state index contributed by atoms with van der Waals surface area (Å²) in [6.07, 6.45) is 3.62. The molecule has 1 aromatic rings. The molecule has 0 radical (unpaired) electrons. The van der Waals surface area contributed by atoms with Crippen LogP contribution >= 0.6 is 0 Å². The molecule has 132 valence electrons. The molecule has 6 nitrogen and oxygen atoms in total. The lowest BCUT2D eigenvalue weighted by Gasteiger charge is -2.11. The standard InChI is InChI=1S/C18H24O6/c1-12(2)7-8-23-17(20)6-5-14-9-15(22-4)18(21)16(10-14)24-11-13(3)19/h5-6,9-10,12,21H,7-8,11H2,1-4H3/b6-5+. The van der Waals surface area contributed by atoms with Crippen molar-refractivity contribution in [2.24, 2.45) is 5.92 Å². The van der Waals surface area contributed by atoms with E-state index in [1.54, 1.807) is 6.07 Å². The van der Waals surface area contributed by atoms with E-state index < -0.39 is 5.97 Å². The number of methoxy groups -OCH3 is 1. The first-order valence-electron chi connectivity index (χ1n) is 7.71. The van der Waals surface area contributed by atoms with Gasteiger partial charge in [0.05, 0.1) is 13.7 Å². The Bertz CT molecular complexity index is 604. The summed E-state index contributed by atoms with van der Waals surface area (Å²) in [6, 6.07) is 3.06. The van der Waals surface area contributed by atoms with Crippen LogP contribution in [-0.2, 0) is 14.3 Å². The highest BCUT2D eigenvalue weighted by Gasteiger charge is 2.12. The molecular formula is C18H24O6. The maximum Gasteiger partial charge on any atom is 0.330 e. The number of ether oxygens (including phenoxy) is 3. The molecule has 0 aliphatic heterocycles. The summed E-state index contributed by atoms with van der Waals surface area (Å²) in [4.78, 5) is 22.7. The fraction of sp³-hybridized carbons (Fsp3) is 0.444. The zero-order chi connectivity index (χ0) is 18.1. The Labute approximate surface area is 142 Å². The van der Waals surface area contributed by atoms with Crippen LogP contribution in [0.1, 0.15) is 32.8 Å². The number of carbonyl (C=O) groups is 2. The number of rotatable bonds is 9. The molecule has 0 atom stereocenters. The van der Waals surface area contributed by atoms with Gasteiger partial charge in [-0.15, -0.1) is 0 Å². The lowest BCUT2D eigenvalue weighted by molar-refractivity contribution is -0.138. The second-order valence-electron chi connectivity index (χ2n) is 5.74. The van der Waals surface area contributed by atoms with Crippen molar-refractivity contribution in [2.75, 3.05) is 20.3 Å². The molecule has 0 aliphatic carbocycles. The summed E-state index contributed by atoms with van der Waals surface area (Å²) in [5, 5.41) is 9.99. The third-order valence-electron chi connectivity index (χ3n) is 3.06. The van der Waals surface area contributed by atoms with Crippen LogP contribution in [0.5, 0.6) is 17.2 Å². The molecular weight excluding hydrogens is 312 g/mol. The van der Waals surface area contributed by atoms with Gasteiger partial charge in [0.2, 0.25) is 5.75 Å². The molecule has 0 spiro atoms. The molecule has 0 saturated heterocycles. The molecule has 1 aromatic carbocycles. The van der Waals surface area contributed by atoms with Gasteiger partial charge in [0.25, 0.3) is 0 Å². The van der Waals surface area contributed by atoms with Gasteiger partial charge >= 0.3 is 5.97 Å². The molecule has 24 heavy (non-hydrogen) atoms. The van der Waals surface area contributed by atoms with Crippen molar-refractivity contribution in [3.63, 3.8) is 0 Å². The van der Waals surface area contributed by atoms with Gasteiger partial charge in [-0.3, -0.25) is 4.79 Å². The monoisotopic (exact) mass is 336 g/mol. The number of phenolic OH excluding ortho intramolecular Hbond substituents is 1. The van der Waals surface area contributed by atoms with Crippen LogP contribution in [0.4, 0.5) is 0 Å². The third kappa shape index (κ3) is 6.73. The lowest BCUT2D eigenvalue weighted by atomic mass is 10.1. The van der Waals surface area contributed by atoms with Crippen molar-refractivity contribution in [2.45, 2.75) is 27.2 Å². The Balaban J connectivity index is 2.82. The van der Waals surface area contributed by atoms with Crippen LogP contribution in [0.25, 0.3) is 6.08 Å². The summed E-state index contributed by atoms with van der Waals surface area (Å²) in [7, 11) is 1.40. The minimum absolute atomic E-state index is 0.109. The van der Waals surface area contributed by atoms with E-state index in [0.717, 1.165) is 6.42 Å². The van der Waals surface area contributed by atoms with Gasteiger partial charge in [0.1, 0.15) is 6.61 Å². The van der Waals surface area contributed by atoms with Gasteiger partial charge in [-0.05, 0) is 43.0 Å². The largest absolute Gasteiger partial charge is 0.502 e. The van der Waals surface area contributed by atoms with Gasteiger partial charge in [-0.1, -0.05) is 13.8 Å². The van der Waals surface area contributed by atoms with E-state index in [0.29, 0.717) is 18.1 Å². The average Bonchev–Trinajstić information content (AvgIpc) is 2.52. The summed E-state index contributed by atoms with van der Waals surface area (Å²) in [5.41, 5.74) is 0.573. The molecule has 0 fully saturated rings. The Morgan fingerprint density at radius 2 is 1.92 bits per heavy atom. The van der Waals surface area contributed by atoms with E-state index in [2.05, 4.69) is 13.8 Å². The number of esters is 1. The fourth-order valence-electron chi connectivity index (χ4n) is 1.75. The lowest BCUT2D eigenvalue weighted by Crippen LogP contribution is -2.07. The zero-order valence-corrected chi connectivity index (χ0v) is 14.5. The van der Waals surface area contributed by atoms with Crippen LogP contribution in [-0.4, -0.2) is 37.2 Å². The third-order valence-corrected chi connectivity index (χ3v) is 3.06. The molecule has 1 rings (SSSR count). The number of hydrogen-bond acceptors (Lipinski definition) is 6. The Kier molecular flexibility index (Phi) is 7.82. The predicted octanol–water partition coefficient (Wildman–Crippen LogP) is 2.97. The number of ketones is 1. The van der Waals surface area contributed by atoms with Crippen molar-refractivity contribution < 1.29 is 28.9 Å². The van der Waals surface area contributed by atoms with Gasteiger partial charge in [-0.25, -0.2) is 4.79 Å². The molecule has 0 unspecified atom stereocenters. The predicted molar refractivity (Wildman–Crippen MR) is 90.3 cm³/mol. The zero-order valence-electron chi connectivity index (χ0n) is 14.5. The van der Waals surface area contributed by atoms with Crippen LogP contribution in [0.2, 0.25) is 0 Å². The van der Waals surface area contributed by atoms with Crippen LogP contribution in [0.3, 0.4) is 0 Å². The number of phenols is 1. The van der Waals surface area contributed by atoms with E-state index in [1.165, 1.54) is 32.3 Å². The fourth-order valence-corrected chi connectivity index (χ4v) is 1.75. The first-order chi connectivity index (χ1) is 11.3. The number of hydrogen-bond donors (Lipinski definition) is 1. The first-order valence-corrected chi connectivity index (χ1v) is 7.71. The smallest absolute Gasteiger partial charge is 0.330 e. The number of benzene rings is 1. The quantitative estimate of drug-likeness (QED) is 0.551. The van der Waals surface area contributed by atoms with E-state index in [-0.39, 0.29) is 29.6 Å². The summed E-state index contributed by atoms with van der Waals surface area (Å²) in [6.45, 7) is 5.68. The van der Waals surface area contributed by atoms with Gasteiger partial charge in [0.15, 0.2) is 17.3 Å². The number of carbonyl (C=O) groups excluding carboxylic acids is 2. The molecule has 6 heteroatoms. The van der Waals surface area contributed by atoms with Crippen LogP contribution < -0.4 is 9.47 Å². The molecule has 0 aliphatic rings. The minimum Gasteiger partial charge on any atom is -0.502 e. The second-order valence-corrected chi connectivity index (χ2v) is 5.74. The number of Topliss-reactive ketones (excluding diaryl/α,β-unsaturated/α-hetero) is 1. The topological polar surface area (TPSA) is 82.1 Å². The first kappa shape index (κ1) is 19.5. The van der Waals surface area contributed by atoms with Crippen molar-refractivity contribution in [3.8, 4) is 17.2 Å². The Hall–Kier alpha value is -2.50. The van der Waals surface area contributed by atoms with Crippen molar-refractivity contribution in [1.29, 1.82) is 0 Å². The molecule has 0 aromatic heterocycles. The highest BCUT2D eigenvalue weighted by atomic mass is 16.5. The summed E-state index contributed by atoms with van der Waals surface area (Å²) < 4.78 is 15.4. The summed E-state index contributed by atoms with van der Waals surface area (Å²) in [5.74, 6) is -0.0716. The Morgan fingerprint density at radius 3 is 2.50 bits per heavy atom. The van der Waals surface area contributed by atoms with Crippen LogP contribution in [0, 0.1) is 5.92 Å². The minimum atomic E-state index is -0.450. The SMILES string of the molecule is COc1cc(/C=C/C(=O)OCCC(C)C)cc(OCC(C)=O)c1O. The Morgan fingerprint density at radius 1 is 1.25 bits per heavy atom. The van der Waals surface area contributed by atoms with Crippen LogP contribution in [0.15, 0.2) is 18.2 Å². The van der Waals surface area contributed by atoms with E-state index >= 15 is 0 Å². The molecule has 0 amide bonds. The van der Waals surface area contributed by atoms with Crippen molar-refractivity contribution in [3.05, 3.63) is 23.8 Å². The maximum atomic E-state index is 11.7. The van der Waals surface area contributed by atoms with E-state index in [4.69, 9.17) is 14.2 Å². The summed E-state index contributed by atoms with van der Waals surface area (Å²) >= 11 is 0. The maximum absolute atomic E-state index is 11.7. The second kappa shape index (κ2) is 9.60. The van der Waals surface area contributed by atoms with Crippen molar-refractivity contribution in [1.82, 2.24) is 0 Å². The molecule has 1 N–H and O–H groups in total. The van der Waals surface area contributed by atoms with Crippen molar-refractivity contribution >= 4 is 17.8 Å². The average molecular weight is 336 g/mol. The van der Waals surface area contributed by atoms with Gasteiger partial charge < -0.3 is 19.3 Å². The van der Waals surface area contributed by atoms with Gasteiger partial charge in [0, 0.05) is 6.08 Å². The van der Waals surface area contributed by atoms with Gasteiger partial charge in [-0.2, -0.15) is 0 Å². The number of aromatic hydroxyl groups is 1. The normalized spacial score (nSPS) is 10.9. The molecule has 0 bridgehead atoms. The highest BCUT2D eigenvalue weighted by Crippen LogP contribution is 2.37.